The summed E-state index contributed by atoms with van der Waals surface area (Å²) >= 11 is 0. The van der Waals surface area contributed by atoms with Crippen molar-refractivity contribution in [2.24, 2.45) is 0 Å². The number of carbonyl (C=O) groups is 1. The van der Waals surface area contributed by atoms with Crippen LogP contribution in [-0.4, -0.2) is 11.1 Å². The largest absolute Gasteiger partial charge is 0.479 e. The standard InChI is InChI=1S/C11H10O3/c12-10(13)11-6-5-9(14-11)7-3-1-2-4-8(7)11/h1-4,9H,5-6H2,(H,12,13). The molecule has 2 atom stereocenters. The third-order valence-electron chi connectivity index (χ3n) is 3.19. The summed E-state index contributed by atoms with van der Waals surface area (Å²) in [6, 6.07) is 7.62. The minimum atomic E-state index is -1.04. The summed E-state index contributed by atoms with van der Waals surface area (Å²) in [6.07, 6.45) is 1.43. The number of carboxylic acids is 1. The van der Waals surface area contributed by atoms with E-state index in [-0.39, 0.29) is 6.10 Å². The fourth-order valence-corrected chi connectivity index (χ4v) is 2.53. The Balaban J connectivity index is 2.24. The highest BCUT2D eigenvalue weighted by molar-refractivity contribution is 5.82. The molecule has 2 unspecified atom stereocenters. The van der Waals surface area contributed by atoms with Gasteiger partial charge in [-0.2, -0.15) is 0 Å². The van der Waals surface area contributed by atoms with Crippen LogP contribution in [0.1, 0.15) is 30.1 Å². The van der Waals surface area contributed by atoms with E-state index in [1.807, 2.05) is 24.3 Å². The molecule has 1 aromatic rings. The molecule has 0 saturated carbocycles. The number of hydrogen-bond donors (Lipinski definition) is 1. The third-order valence-corrected chi connectivity index (χ3v) is 3.19. The molecule has 1 fully saturated rings. The van der Waals surface area contributed by atoms with E-state index in [0.717, 1.165) is 17.5 Å². The SMILES string of the molecule is O=C(O)C12CCC(O1)c1ccccc12. The number of fused-ring (bicyclic) bond motifs is 5. The van der Waals surface area contributed by atoms with Crippen molar-refractivity contribution in [3.05, 3.63) is 35.4 Å². The van der Waals surface area contributed by atoms with E-state index in [2.05, 4.69) is 0 Å². The Labute approximate surface area is 81.3 Å². The Kier molecular flexibility index (Phi) is 1.35. The second kappa shape index (κ2) is 2.36. The van der Waals surface area contributed by atoms with Crippen LogP contribution in [0.15, 0.2) is 24.3 Å². The Morgan fingerprint density at radius 1 is 1.50 bits per heavy atom. The number of benzene rings is 1. The molecule has 3 nitrogen and oxygen atoms in total. The smallest absolute Gasteiger partial charge is 0.340 e. The van der Waals surface area contributed by atoms with Gasteiger partial charge in [0.25, 0.3) is 0 Å². The molecular formula is C11H10O3. The predicted molar refractivity (Wildman–Crippen MR) is 48.8 cm³/mol. The first-order valence-corrected chi connectivity index (χ1v) is 4.75. The summed E-state index contributed by atoms with van der Waals surface area (Å²) in [5, 5.41) is 9.21. The first kappa shape index (κ1) is 8.00. The molecule has 3 rings (SSSR count). The molecule has 0 radical (unpaired) electrons. The molecular weight excluding hydrogens is 180 g/mol. The van der Waals surface area contributed by atoms with Crippen LogP contribution in [0.25, 0.3) is 0 Å². The topological polar surface area (TPSA) is 46.5 Å². The van der Waals surface area contributed by atoms with Crippen molar-refractivity contribution >= 4 is 5.97 Å². The summed E-state index contributed by atoms with van der Waals surface area (Å²) in [4.78, 5) is 11.2. The molecule has 0 spiro atoms. The van der Waals surface area contributed by atoms with Gasteiger partial charge in [0.05, 0.1) is 6.10 Å². The van der Waals surface area contributed by atoms with E-state index < -0.39 is 11.6 Å². The highest BCUT2D eigenvalue weighted by Gasteiger charge is 2.55. The van der Waals surface area contributed by atoms with Crippen LogP contribution in [0, 0.1) is 0 Å². The Bertz CT molecular complexity index is 413. The van der Waals surface area contributed by atoms with Crippen LogP contribution in [0.3, 0.4) is 0 Å². The van der Waals surface area contributed by atoms with Gasteiger partial charge in [0.15, 0.2) is 5.60 Å². The molecule has 3 heteroatoms. The first-order chi connectivity index (χ1) is 6.74. The summed E-state index contributed by atoms with van der Waals surface area (Å²) in [7, 11) is 0. The van der Waals surface area contributed by atoms with E-state index in [1.165, 1.54) is 0 Å². The third kappa shape index (κ3) is 0.738. The fraction of sp³-hybridized carbons (Fsp3) is 0.364. The van der Waals surface area contributed by atoms with Gasteiger partial charge in [-0.1, -0.05) is 24.3 Å². The highest BCUT2D eigenvalue weighted by atomic mass is 16.5. The molecule has 1 aromatic carbocycles. The number of hydrogen-bond acceptors (Lipinski definition) is 2. The quantitative estimate of drug-likeness (QED) is 0.734. The molecule has 1 saturated heterocycles. The molecule has 2 aliphatic rings. The van der Waals surface area contributed by atoms with Gasteiger partial charge >= 0.3 is 5.97 Å². The van der Waals surface area contributed by atoms with E-state index >= 15 is 0 Å². The molecule has 2 aliphatic heterocycles. The lowest BCUT2D eigenvalue weighted by Crippen LogP contribution is -2.32. The van der Waals surface area contributed by atoms with Crippen molar-refractivity contribution < 1.29 is 14.6 Å². The lowest BCUT2D eigenvalue weighted by atomic mass is 9.82. The van der Waals surface area contributed by atoms with Gasteiger partial charge in [0.2, 0.25) is 0 Å². The maximum atomic E-state index is 11.2. The van der Waals surface area contributed by atoms with Crippen LogP contribution >= 0.6 is 0 Å². The number of aliphatic carboxylic acids is 1. The lowest BCUT2D eigenvalue weighted by Gasteiger charge is -2.20. The second-order valence-electron chi connectivity index (χ2n) is 3.86. The van der Waals surface area contributed by atoms with Gasteiger partial charge in [0, 0.05) is 5.56 Å². The number of carboxylic acid groups (broad SMARTS) is 1. The summed E-state index contributed by atoms with van der Waals surface area (Å²) in [6.45, 7) is 0. The van der Waals surface area contributed by atoms with Gasteiger partial charge in [-0.05, 0) is 18.4 Å². The average Bonchev–Trinajstić information content (AvgIpc) is 2.75. The zero-order chi connectivity index (χ0) is 9.76. The Morgan fingerprint density at radius 2 is 2.29 bits per heavy atom. The maximum absolute atomic E-state index is 11.2. The van der Waals surface area contributed by atoms with Crippen LogP contribution < -0.4 is 0 Å². The second-order valence-corrected chi connectivity index (χ2v) is 3.86. The predicted octanol–water partition coefficient (Wildman–Crippen LogP) is 1.83. The first-order valence-electron chi connectivity index (χ1n) is 4.75. The summed E-state index contributed by atoms with van der Waals surface area (Å²) in [5.41, 5.74) is 0.867. The Hall–Kier alpha value is -1.35. The van der Waals surface area contributed by atoms with Crippen LogP contribution in [0.4, 0.5) is 0 Å². The van der Waals surface area contributed by atoms with Crippen LogP contribution in [0.5, 0.6) is 0 Å². The van der Waals surface area contributed by atoms with Crippen molar-refractivity contribution in [2.75, 3.05) is 0 Å². The van der Waals surface area contributed by atoms with Gasteiger partial charge in [-0.3, -0.25) is 0 Å². The highest BCUT2D eigenvalue weighted by Crippen LogP contribution is 2.54. The van der Waals surface area contributed by atoms with Gasteiger partial charge in [-0.15, -0.1) is 0 Å². The fourth-order valence-electron chi connectivity index (χ4n) is 2.53. The van der Waals surface area contributed by atoms with Gasteiger partial charge in [0.1, 0.15) is 0 Å². The van der Waals surface area contributed by atoms with Crippen molar-refractivity contribution in [3.8, 4) is 0 Å². The van der Waals surface area contributed by atoms with Gasteiger partial charge < -0.3 is 9.84 Å². The molecule has 0 amide bonds. The molecule has 2 heterocycles. The Morgan fingerprint density at radius 3 is 3.07 bits per heavy atom. The molecule has 1 N–H and O–H groups in total. The van der Waals surface area contributed by atoms with Crippen LogP contribution in [-0.2, 0) is 15.1 Å². The monoisotopic (exact) mass is 190 g/mol. The zero-order valence-corrected chi connectivity index (χ0v) is 7.56. The summed E-state index contributed by atoms with van der Waals surface area (Å²) in [5.74, 6) is -0.857. The van der Waals surface area contributed by atoms with Crippen molar-refractivity contribution in [1.82, 2.24) is 0 Å². The van der Waals surface area contributed by atoms with Crippen molar-refractivity contribution in [2.45, 2.75) is 24.5 Å². The minimum absolute atomic E-state index is 0.00213. The minimum Gasteiger partial charge on any atom is -0.479 e. The molecule has 0 aliphatic carbocycles. The van der Waals surface area contributed by atoms with Gasteiger partial charge in [-0.25, -0.2) is 4.79 Å². The maximum Gasteiger partial charge on any atom is 0.340 e. The summed E-state index contributed by atoms with van der Waals surface area (Å²) < 4.78 is 5.59. The van der Waals surface area contributed by atoms with E-state index in [9.17, 15) is 9.90 Å². The van der Waals surface area contributed by atoms with E-state index in [1.54, 1.807) is 0 Å². The van der Waals surface area contributed by atoms with Crippen LogP contribution in [0.2, 0.25) is 0 Å². The molecule has 2 bridgehead atoms. The molecule has 14 heavy (non-hydrogen) atoms. The van der Waals surface area contributed by atoms with Crippen molar-refractivity contribution in [3.63, 3.8) is 0 Å². The van der Waals surface area contributed by atoms with Crippen molar-refractivity contribution in [1.29, 1.82) is 0 Å². The number of rotatable bonds is 1. The average molecular weight is 190 g/mol. The van der Waals surface area contributed by atoms with E-state index in [4.69, 9.17) is 4.74 Å². The molecule has 72 valence electrons. The number of ether oxygens (including phenoxy) is 1. The zero-order valence-electron chi connectivity index (χ0n) is 7.56. The van der Waals surface area contributed by atoms with E-state index in [0.29, 0.717) is 6.42 Å². The lowest BCUT2D eigenvalue weighted by molar-refractivity contribution is -0.162. The normalized spacial score (nSPS) is 33.0. The molecule has 0 aromatic heterocycles.